The Labute approximate surface area is 104 Å². The summed E-state index contributed by atoms with van der Waals surface area (Å²) < 4.78 is 0. The quantitative estimate of drug-likeness (QED) is 0.806. The van der Waals surface area contributed by atoms with Gasteiger partial charge in [-0.1, -0.05) is 0 Å². The third kappa shape index (κ3) is 2.99. The van der Waals surface area contributed by atoms with Gasteiger partial charge in [-0.05, 0) is 46.2 Å². The smallest absolute Gasteiger partial charge is 0.306 e. The Bertz CT molecular complexity index is 273. The summed E-state index contributed by atoms with van der Waals surface area (Å²) in [6.45, 7) is 8.79. The minimum absolute atomic E-state index is 0.103. The lowest BCUT2D eigenvalue weighted by atomic mass is 9.96. The highest BCUT2D eigenvalue weighted by Crippen LogP contribution is 2.24. The van der Waals surface area contributed by atoms with Gasteiger partial charge in [-0.3, -0.25) is 14.6 Å². The Balaban J connectivity index is 1.80. The number of hydrogen-bond acceptors (Lipinski definition) is 3. The van der Waals surface area contributed by atoms with Crippen LogP contribution in [0.2, 0.25) is 0 Å². The normalized spacial score (nSPS) is 29.0. The SMILES string of the molecule is CC(C)N1CCC(N2CCC(C(=O)O)CC2)C1. The molecule has 0 saturated carbocycles. The number of likely N-dealkylation sites (tertiary alicyclic amines) is 2. The number of rotatable bonds is 3. The molecule has 17 heavy (non-hydrogen) atoms. The lowest BCUT2D eigenvalue weighted by Crippen LogP contribution is -2.44. The lowest BCUT2D eigenvalue weighted by Gasteiger charge is -2.35. The molecule has 4 heteroatoms. The van der Waals surface area contributed by atoms with Gasteiger partial charge in [0.05, 0.1) is 5.92 Å². The summed E-state index contributed by atoms with van der Waals surface area (Å²) in [5.41, 5.74) is 0. The zero-order chi connectivity index (χ0) is 12.4. The van der Waals surface area contributed by atoms with Crippen LogP contribution in [-0.2, 0) is 4.79 Å². The molecule has 2 aliphatic heterocycles. The monoisotopic (exact) mass is 240 g/mol. The van der Waals surface area contributed by atoms with Crippen molar-refractivity contribution in [3.05, 3.63) is 0 Å². The fraction of sp³-hybridized carbons (Fsp3) is 0.923. The minimum atomic E-state index is -0.611. The molecule has 0 amide bonds. The first-order chi connectivity index (χ1) is 8.08. The molecule has 0 spiro atoms. The highest BCUT2D eigenvalue weighted by molar-refractivity contribution is 5.70. The number of nitrogens with zero attached hydrogens (tertiary/aromatic N) is 2. The summed E-state index contributed by atoms with van der Waals surface area (Å²) in [6.07, 6.45) is 2.90. The van der Waals surface area contributed by atoms with Crippen molar-refractivity contribution in [1.29, 1.82) is 0 Å². The molecule has 2 rings (SSSR count). The Morgan fingerprint density at radius 3 is 2.29 bits per heavy atom. The number of aliphatic carboxylic acids is 1. The zero-order valence-electron chi connectivity index (χ0n) is 10.9. The van der Waals surface area contributed by atoms with E-state index in [4.69, 9.17) is 5.11 Å². The standard InChI is InChI=1S/C13H24N2O2/c1-10(2)15-8-5-12(9-15)14-6-3-11(4-7-14)13(16)17/h10-12H,3-9H2,1-2H3,(H,16,17). The van der Waals surface area contributed by atoms with Gasteiger partial charge >= 0.3 is 5.97 Å². The molecule has 1 N–H and O–H groups in total. The average molecular weight is 240 g/mol. The van der Waals surface area contributed by atoms with Crippen LogP contribution in [0.15, 0.2) is 0 Å². The van der Waals surface area contributed by atoms with Gasteiger partial charge in [-0.15, -0.1) is 0 Å². The first-order valence-corrected chi connectivity index (χ1v) is 6.79. The summed E-state index contributed by atoms with van der Waals surface area (Å²) >= 11 is 0. The van der Waals surface area contributed by atoms with E-state index >= 15 is 0 Å². The van der Waals surface area contributed by atoms with Crippen molar-refractivity contribution in [2.45, 2.75) is 45.2 Å². The third-order valence-corrected chi connectivity index (χ3v) is 4.32. The third-order valence-electron chi connectivity index (χ3n) is 4.32. The summed E-state index contributed by atoms with van der Waals surface area (Å²) in [6, 6.07) is 1.30. The van der Waals surface area contributed by atoms with Crippen LogP contribution in [0.25, 0.3) is 0 Å². The Morgan fingerprint density at radius 1 is 1.18 bits per heavy atom. The topological polar surface area (TPSA) is 43.8 Å². The van der Waals surface area contributed by atoms with Gasteiger partial charge < -0.3 is 5.11 Å². The van der Waals surface area contributed by atoms with Crippen LogP contribution < -0.4 is 0 Å². The Kier molecular flexibility index (Phi) is 4.05. The molecule has 2 heterocycles. The van der Waals surface area contributed by atoms with E-state index in [0.717, 1.165) is 32.5 Å². The molecule has 0 aliphatic carbocycles. The van der Waals surface area contributed by atoms with Crippen molar-refractivity contribution < 1.29 is 9.90 Å². The second-order valence-corrected chi connectivity index (χ2v) is 5.68. The number of carboxylic acid groups (broad SMARTS) is 1. The second kappa shape index (κ2) is 5.36. The molecule has 0 aromatic carbocycles. The fourth-order valence-corrected chi connectivity index (χ4v) is 3.05. The van der Waals surface area contributed by atoms with E-state index in [9.17, 15) is 4.79 Å². The van der Waals surface area contributed by atoms with Crippen molar-refractivity contribution in [2.75, 3.05) is 26.2 Å². The molecule has 0 radical (unpaired) electrons. The number of carboxylic acids is 1. The van der Waals surface area contributed by atoms with E-state index in [1.54, 1.807) is 0 Å². The van der Waals surface area contributed by atoms with E-state index < -0.39 is 5.97 Å². The maximum Gasteiger partial charge on any atom is 0.306 e. The van der Waals surface area contributed by atoms with E-state index in [-0.39, 0.29) is 5.92 Å². The number of piperidine rings is 1. The van der Waals surface area contributed by atoms with Crippen molar-refractivity contribution in [3.8, 4) is 0 Å². The van der Waals surface area contributed by atoms with Crippen LogP contribution in [0.1, 0.15) is 33.1 Å². The Morgan fingerprint density at radius 2 is 1.82 bits per heavy atom. The highest BCUT2D eigenvalue weighted by atomic mass is 16.4. The Hall–Kier alpha value is -0.610. The lowest BCUT2D eigenvalue weighted by molar-refractivity contribution is -0.143. The summed E-state index contributed by atoms with van der Waals surface area (Å²) in [7, 11) is 0. The van der Waals surface area contributed by atoms with E-state index in [1.165, 1.54) is 13.0 Å². The molecule has 0 bridgehead atoms. The van der Waals surface area contributed by atoms with Crippen molar-refractivity contribution in [3.63, 3.8) is 0 Å². The van der Waals surface area contributed by atoms with Crippen molar-refractivity contribution in [2.24, 2.45) is 5.92 Å². The van der Waals surface area contributed by atoms with Crippen LogP contribution in [0.3, 0.4) is 0 Å². The molecule has 2 aliphatic rings. The molecule has 1 atom stereocenters. The van der Waals surface area contributed by atoms with Crippen LogP contribution in [-0.4, -0.2) is 59.1 Å². The first kappa shape index (κ1) is 12.8. The van der Waals surface area contributed by atoms with Crippen molar-refractivity contribution >= 4 is 5.97 Å². The zero-order valence-corrected chi connectivity index (χ0v) is 10.9. The van der Waals surface area contributed by atoms with Gasteiger partial charge in [0.25, 0.3) is 0 Å². The van der Waals surface area contributed by atoms with Gasteiger partial charge in [0, 0.05) is 25.2 Å². The van der Waals surface area contributed by atoms with E-state index in [0.29, 0.717) is 12.1 Å². The fourth-order valence-electron chi connectivity index (χ4n) is 3.05. The molecular weight excluding hydrogens is 216 g/mol. The molecule has 2 fully saturated rings. The van der Waals surface area contributed by atoms with Gasteiger partial charge in [-0.25, -0.2) is 0 Å². The summed E-state index contributed by atoms with van der Waals surface area (Å²) in [4.78, 5) is 15.9. The van der Waals surface area contributed by atoms with E-state index in [1.807, 2.05) is 0 Å². The molecule has 0 aromatic rings. The molecule has 98 valence electrons. The number of hydrogen-bond donors (Lipinski definition) is 1. The van der Waals surface area contributed by atoms with Gasteiger partial charge in [0.1, 0.15) is 0 Å². The molecular formula is C13H24N2O2. The molecule has 1 unspecified atom stereocenters. The summed E-state index contributed by atoms with van der Waals surface area (Å²) in [5, 5.41) is 8.98. The van der Waals surface area contributed by atoms with Gasteiger partial charge in [0.2, 0.25) is 0 Å². The second-order valence-electron chi connectivity index (χ2n) is 5.68. The predicted molar refractivity (Wildman–Crippen MR) is 67.0 cm³/mol. The van der Waals surface area contributed by atoms with Gasteiger partial charge in [-0.2, -0.15) is 0 Å². The van der Waals surface area contributed by atoms with Crippen LogP contribution in [0, 0.1) is 5.92 Å². The average Bonchev–Trinajstić information content (AvgIpc) is 2.78. The maximum absolute atomic E-state index is 10.9. The summed E-state index contributed by atoms with van der Waals surface area (Å²) in [5.74, 6) is -0.714. The van der Waals surface area contributed by atoms with Crippen LogP contribution >= 0.6 is 0 Å². The maximum atomic E-state index is 10.9. The molecule has 2 saturated heterocycles. The molecule has 4 nitrogen and oxygen atoms in total. The predicted octanol–water partition coefficient (Wildman–Crippen LogP) is 1.27. The number of carbonyl (C=O) groups is 1. The van der Waals surface area contributed by atoms with Crippen LogP contribution in [0.5, 0.6) is 0 Å². The van der Waals surface area contributed by atoms with Gasteiger partial charge in [0.15, 0.2) is 0 Å². The minimum Gasteiger partial charge on any atom is -0.481 e. The van der Waals surface area contributed by atoms with E-state index in [2.05, 4.69) is 23.6 Å². The largest absolute Gasteiger partial charge is 0.481 e. The highest BCUT2D eigenvalue weighted by Gasteiger charge is 2.32. The molecule has 0 aromatic heterocycles. The first-order valence-electron chi connectivity index (χ1n) is 6.79. The van der Waals surface area contributed by atoms with Crippen molar-refractivity contribution in [1.82, 2.24) is 9.80 Å². The van der Waals surface area contributed by atoms with Crippen LogP contribution in [0.4, 0.5) is 0 Å².